The first kappa shape index (κ1) is 17.9. The Hall–Kier alpha value is -1.88. The summed E-state index contributed by atoms with van der Waals surface area (Å²) in [5.41, 5.74) is 7.21. The predicted molar refractivity (Wildman–Crippen MR) is 99.3 cm³/mol. The Labute approximate surface area is 150 Å². The van der Waals surface area contributed by atoms with Crippen molar-refractivity contribution in [3.8, 4) is 0 Å². The number of rotatable bonds is 3. The topological polar surface area (TPSA) is 75.4 Å². The van der Waals surface area contributed by atoms with Crippen LogP contribution >= 0.6 is 0 Å². The quantitative estimate of drug-likeness (QED) is 0.886. The van der Waals surface area contributed by atoms with Gasteiger partial charge in [0.05, 0.1) is 11.3 Å². The van der Waals surface area contributed by atoms with Gasteiger partial charge in [-0.05, 0) is 50.2 Å². The van der Waals surface area contributed by atoms with E-state index in [9.17, 15) is 9.59 Å². The van der Waals surface area contributed by atoms with Gasteiger partial charge in [0.2, 0.25) is 5.91 Å². The van der Waals surface area contributed by atoms with Crippen LogP contribution < -0.4 is 11.1 Å². The number of para-hydroxylation sites is 1. The van der Waals surface area contributed by atoms with Gasteiger partial charge in [-0.2, -0.15) is 0 Å². The van der Waals surface area contributed by atoms with E-state index in [0.29, 0.717) is 17.2 Å². The van der Waals surface area contributed by atoms with Gasteiger partial charge in [-0.3, -0.25) is 9.59 Å². The molecule has 5 nitrogen and oxygen atoms in total. The van der Waals surface area contributed by atoms with Gasteiger partial charge < -0.3 is 16.0 Å². The van der Waals surface area contributed by atoms with Gasteiger partial charge in [-0.15, -0.1) is 0 Å². The summed E-state index contributed by atoms with van der Waals surface area (Å²) >= 11 is 0. The van der Waals surface area contributed by atoms with Crippen LogP contribution in [0.5, 0.6) is 0 Å². The third-order valence-corrected chi connectivity index (χ3v) is 5.57. The van der Waals surface area contributed by atoms with Crippen LogP contribution in [0.25, 0.3) is 0 Å². The molecule has 1 aliphatic heterocycles. The van der Waals surface area contributed by atoms with Crippen molar-refractivity contribution in [2.75, 3.05) is 18.4 Å². The first-order valence-corrected chi connectivity index (χ1v) is 9.49. The first-order chi connectivity index (χ1) is 12.0. The zero-order chi connectivity index (χ0) is 17.8. The molecule has 3 rings (SSSR count). The molecular weight excluding hydrogens is 314 g/mol. The number of nitrogens with two attached hydrogens (primary N) is 1. The van der Waals surface area contributed by atoms with Gasteiger partial charge in [-0.25, -0.2) is 0 Å². The van der Waals surface area contributed by atoms with E-state index in [1.165, 1.54) is 0 Å². The van der Waals surface area contributed by atoms with Gasteiger partial charge in [0.1, 0.15) is 0 Å². The largest absolute Gasteiger partial charge is 0.339 e. The van der Waals surface area contributed by atoms with Gasteiger partial charge in [0.25, 0.3) is 5.91 Å². The highest BCUT2D eigenvalue weighted by molar-refractivity contribution is 6.04. The number of carbonyl (C=O) groups is 2. The van der Waals surface area contributed by atoms with Crippen molar-refractivity contribution in [3.63, 3.8) is 0 Å². The van der Waals surface area contributed by atoms with E-state index < -0.39 is 0 Å². The zero-order valence-corrected chi connectivity index (χ0v) is 15.0. The van der Waals surface area contributed by atoms with E-state index in [2.05, 4.69) is 12.2 Å². The molecule has 1 aliphatic carbocycles. The minimum Gasteiger partial charge on any atom is -0.339 e. The van der Waals surface area contributed by atoms with Gasteiger partial charge >= 0.3 is 0 Å². The number of anilines is 1. The Balaban J connectivity index is 1.70. The summed E-state index contributed by atoms with van der Waals surface area (Å²) in [7, 11) is 0. The minimum atomic E-state index is -0.0530. The molecule has 5 heteroatoms. The molecule has 1 aromatic rings. The van der Waals surface area contributed by atoms with Crippen molar-refractivity contribution in [2.45, 2.75) is 51.5 Å². The molecule has 0 bridgehead atoms. The molecular formula is C20H29N3O2. The number of piperidine rings is 1. The lowest BCUT2D eigenvalue weighted by Crippen LogP contribution is -2.38. The average Bonchev–Trinajstić information content (AvgIpc) is 2.62. The molecule has 0 radical (unpaired) electrons. The zero-order valence-electron chi connectivity index (χ0n) is 15.0. The summed E-state index contributed by atoms with van der Waals surface area (Å²) in [6, 6.07) is 7.45. The molecule has 2 fully saturated rings. The number of benzene rings is 1. The predicted octanol–water partition coefficient (Wildman–Crippen LogP) is 3.01. The molecule has 136 valence electrons. The second-order valence-corrected chi connectivity index (χ2v) is 7.63. The maximum Gasteiger partial charge on any atom is 0.255 e. The molecule has 1 saturated carbocycles. The Kier molecular flexibility index (Phi) is 5.74. The second kappa shape index (κ2) is 8.00. The highest BCUT2D eigenvalue weighted by Crippen LogP contribution is 2.26. The van der Waals surface area contributed by atoms with Crippen LogP contribution in [0.4, 0.5) is 5.69 Å². The fourth-order valence-electron chi connectivity index (χ4n) is 3.86. The Morgan fingerprint density at radius 1 is 1.12 bits per heavy atom. The molecule has 1 heterocycles. The fraction of sp³-hybridized carbons (Fsp3) is 0.600. The standard InChI is InChI=1S/C20H29N3O2/c1-14-9-11-23(12-10-14)20(25)17-7-2-3-8-18(17)22-19(24)15-5-4-6-16(21)13-15/h2-3,7-8,14-16H,4-6,9-13,21H2,1H3,(H,22,24). The van der Waals surface area contributed by atoms with Crippen molar-refractivity contribution in [3.05, 3.63) is 29.8 Å². The number of carbonyl (C=O) groups excluding carboxylic acids is 2. The van der Waals surface area contributed by atoms with Crippen LogP contribution in [0.1, 0.15) is 55.8 Å². The summed E-state index contributed by atoms with van der Waals surface area (Å²) in [5.74, 6) is 0.628. The molecule has 0 aromatic heterocycles. The van der Waals surface area contributed by atoms with Crippen molar-refractivity contribution in [2.24, 2.45) is 17.6 Å². The molecule has 1 saturated heterocycles. The van der Waals surface area contributed by atoms with Gasteiger partial charge in [0.15, 0.2) is 0 Å². The van der Waals surface area contributed by atoms with Crippen molar-refractivity contribution in [1.29, 1.82) is 0 Å². The minimum absolute atomic E-state index is 0.0114. The van der Waals surface area contributed by atoms with Gasteiger partial charge in [0, 0.05) is 25.0 Å². The first-order valence-electron chi connectivity index (χ1n) is 9.49. The van der Waals surface area contributed by atoms with Crippen LogP contribution in [0.15, 0.2) is 24.3 Å². The number of likely N-dealkylation sites (tertiary alicyclic amines) is 1. The van der Waals surface area contributed by atoms with Crippen LogP contribution in [-0.2, 0) is 4.79 Å². The Morgan fingerprint density at radius 3 is 2.56 bits per heavy atom. The Morgan fingerprint density at radius 2 is 1.84 bits per heavy atom. The number of hydrogen-bond acceptors (Lipinski definition) is 3. The number of amides is 2. The molecule has 1 aromatic carbocycles. The lowest BCUT2D eigenvalue weighted by Gasteiger charge is -2.31. The fourth-order valence-corrected chi connectivity index (χ4v) is 3.86. The maximum absolute atomic E-state index is 12.9. The monoisotopic (exact) mass is 343 g/mol. The molecule has 0 spiro atoms. The van der Waals surface area contributed by atoms with E-state index in [1.54, 1.807) is 0 Å². The highest BCUT2D eigenvalue weighted by Gasteiger charge is 2.27. The number of nitrogens with one attached hydrogen (secondary N) is 1. The van der Waals surface area contributed by atoms with E-state index >= 15 is 0 Å². The molecule has 2 aliphatic rings. The van der Waals surface area contributed by atoms with E-state index in [1.807, 2.05) is 29.2 Å². The molecule has 2 unspecified atom stereocenters. The summed E-state index contributed by atoms with van der Waals surface area (Å²) in [5, 5.41) is 2.99. The third-order valence-electron chi connectivity index (χ3n) is 5.57. The van der Waals surface area contributed by atoms with Crippen LogP contribution in [0, 0.1) is 11.8 Å². The maximum atomic E-state index is 12.9. The van der Waals surface area contributed by atoms with E-state index in [-0.39, 0.29) is 23.8 Å². The number of nitrogens with zero attached hydrogens (tertiary/aromatic N) is 1. The highest BCUT2D eigenvalue weighted by atomic mass is 16.2. The summed E-state index contributed by atoms with van der Waals surface area (Å²) < 4.78 is 0. The molecule has 25 heavy (non-hydrogen) atoms. The van der Waals surface area contributed by atoms with Crippen LogP contribution in [0.2, 0.25) is 0 Å². The summed E-state index contributed by atoms with van der Waals surface area (Å²) in [4.78, 5) is 27.4. The SMILES string of the molecule is CC1CCN(C(=O)c2ccccc2NC(=O)C2CCCC(N)C2)CC1. The molecule has 2 amide bonds. The number of hydrogen-bond donors (Lipinski definition) is 2. The van der Waals surface area contributed by atoms with Crippen molar-refractivity contribution in [1.82, 2.24) is 4.90 Å². The van der Waals surface area contributed by atoms with E-state index in [4.69, 9.17) is 5.73 Å². The van der Waals surface area contributed by atoms with Crippen molar-refractivity contribution >= 4 is 17.5 Å². The van der Waals surface area contributed by atoms with Crippen molar-refractivity contribution < 1.29 is 9.59 Å². The smallest absolute Gasteiger partial charge is 0.255 e. The summed E-state index contributed by atoms with van der Waals surface area (Å²) in [6.07, 6.45) is 5.67. The van der Waals surface area contributed by atoms with Crippen LogP contribution in [-0.4, -0.2) is 35.8 Å². The Bertz CT molecular complexity index is 623. The molecule has 3 N–H and O–H groups in total. The van der Waals surface area contributed by atoms with E-state index in [0.717, 1.165) is 51.6 Å². The third kappa shape index (κ3) is 4.40. The lowest BCUT2D eigenvalue weighted by molar-refractivity contribution is -0.120. The normalized spacial score (nSPS) is 24.8. The van der Waals surface area contributed by atoms with Crippen LogP contribution in [0.3, 0.4) is 0 Å². The molecule has 2 atom stereocenters. The van der Waals surface area contributed by atoms with Gasteiger partial charge in [-0.1, -0.05) is 25.5 Å². The summed E-state index contributed by atoms with van der Waals surface area (Å²) in [6.45, 7) is 3.81. The average molecular weight is 343 g/mol. The lowest BCUT2D eigenvalue weighted by atomic mass is 9.85. The second-order valence-electron chi connectivity index (χ2n) is 7.63.